The summed E-state index contributed by atoms with van der Waals surface area (Å²) in [7, 11) is 0. The van der Waals surface area contributed by atoms with Gasteiger partial charge in [0, 0.05) is 6.54 Å². The zero-order valence-electron chi connectivity index (χ0n) is 8.41. The van der Waals surface area contributed by atoms with Gasteiger partial charge >= 0.3 is 0 Å². The summed E-state index contributed by atoms with van der Waals surface area (Å²) in [5, 5.41) is 3.70. The third-order valence-electron chi connectivity index (χ3n) is 1.71. The second kappa shape index (κ2) is 5.65. The molecule has 0 bridgehead atoms. The van der Waals surface area contributed by atoms with Gasteiger partial charge in [0.1, 0.15) is 0 Å². The molecule has 0 saturated carbocycles. The van der Waals surface area contributed by atoms with Gasteiger partial charge in [-0.3, -0.25) is 4.79 Å². The van der Waals surface area contributed by atoms with Crippen LogP contribution in [0.5, 0.6) is 0 Å². The van der Waals surface area contributed by atoms with Crippen molar-refractivity contribution in [2.75, 3.05) is 12.8 Å². The lowest BCUT2D eigenvalue weighted by atomic mass is 10.2. The summed E-state index contributed by atoms with van der Waals surface area (Å²) < 4.78 is 0. The van der Waals surface area contributed by atoms with Crippen LogP contribution in [0, 0.1) is 0 Å². The molecule has 0 aromatic carbocycles. The van der Waals surface area contributed by atoms with Crippen LogP contribution in [0.4, 0.5) is 0 Å². The van der Waals surface area contributed by atoms with E-state index in [4.69, 9.17) is 0 Å². The van der Waals surface area contributed by atoms with Crippen molar-refractivity contribution in [2.24, 2.45) is 0 Å². The monoisotopic (exact) mass is 210 g/mol. The van der Waals surface area contributed by atoms with Crippen molar-refractivity contribution in [1.29, 1.82) is 0 Å². The number of rotatable bonds is 4. The van der Waals surface area contributed by atoms with Crippen LogP contribution in [0.25, 0.3) is 0 Å². The Labute approximate surface area is 88.3 Å². The zero-order chi connectivity index (χ0) is 10.4. The molecule has 0 aliphatic rings. The lowest BCUT2D eigenvalue weighted by Gasteiger charge is -2.02. The molecule has 76 valence electrons. The number of carbonyl (C=O) groups excluding carboxylic acids is 1. The predicted molar refractivity (Wildman–Crippen MR) is 58.4 cm³/mol. The van der Waals surface area contributed by atoms with Crippen LogP contribution >= 0.6 is 11.8 Å². The number of thioether (sulfide) groups is 1. The minimum Gasteiger partial charge on any atom is -0.356 e. The van der Waals surface area contributed by atoms with Gasteiger partial charge in [-0.15, -0.1) is 11.8 Å². The number of pyridine rings is 1. The fourth-order valence-corrected chi connectivity index (χ4v) is 1.52. The molecule has 3 nitrogen and oxygen atoms in total. The molecular weight excluding hydrogens is 196 g/mol. The predicted octanol–water partition coefficient (Wildman–Crippen LogP) is 1.48. The Morgan fingerprint density at radius 2 is 2.36 bits per heavy atom. The second-order valence-corrected chi connectivity index (χ2v) is 3.63. The maximum absolute atomic E-state index is 11.3. The molecule has 14 heavy (non-hydrogen) atoms. The average Bonchev–Trinajstić information content (AvgIpc) is 2.18. The molecule has 0 aliphatic heterocycles. The van der Waals surface area contributed by atoms with E-state index in [2.05, 4.69) is 10.3 Å². The summed E-state index contributed by atoms with van der Waals surface area (Å²) in [4.78, 5) is 15.6. The van der Waals surface area contributed by atoms with Crippen LogP contribution in [0.3, 0.4) is 0 Å². The second-order valence-electron chi connectivity index (χ2n) is 2.80. The van der Waals surface area contributed by atoms with Gasteiger partial charge in [0.05, 0.1) is 17.1 Å². The summed E-state index contributed by atoms with van der Waals surface area (Å²) >= 11 is 1.58. The SMILES string of the molecule is CCNC(=O)Cc1cccc(SC)n1. The highest BCUT2D eigenvalue weighted by Gasteiger charge is 2.03. The Kier molecular flexibility index (Phi) is 4.46. The first kappa shape index (κ1) is 11.0. The van der Waals surface area contributed by atoms with E-state index < -0.39 is 0 Å². The molecule has 1 N–H and O–H groups in total. The minimum atomic E-state index is 0.0262. The quantitative estimate of drug-likeness (QED) is 0.765. The molecule has 4 heteroatoms. The highest BCUT2D eigenvalue weighted by Crippen LogP contribution is 2.11. The van der Waals surface area contributed by atoms with Crippen molar-refractivity contribution in [3.05, 3.63) is 23.9 Å². The van der Waals surface area contributed by atoms with E-state index in [1.807, 2.05) is 31.4 Å². The molecule has 0 saturated heterocycles. The molecule has 0 radical (unpaired) electrons. The van der Waals surface area contributed by atoms with Crippen LogP contribution in [-0.2, 0) is 11.2 Å². The number of nitrogens with zero attached hydrogens (tertiary/aromatic N) is 1. The van der Waals surface area contributed by atoms with Crippen molar-refractivity contribution in [3.63, 3.8) is 0 Å². The maximum Gasteiger partial charge on any atom is 0.226 e. The van der Waals surface area contributed by atoms with Gasteiger partial charge < -0.3 is 5.32 Å². The first-order valence-corrected chi connectivity index (χ1v) is 5.75. The first-order chi connectivity index (χ1) is 6.76. The minimum absolute atomic E-state index is 0.0262. The molecule has 0 aliphatic carbocycles. The van der Waals surface area contributed by atoms with Crippen LogP contribution in [-0.4, -0.2) is 23.7 Å². The van der Waals surface area contributed by atoms with E-state index in [1.165, 1.54) is 0 Å². The number of hydrogen-bond donors (Lipinski definition) is 1. The van der Waals surface area contributed by atoms with Crippen molar-refractivity contribution >= 4 is 17.7 Å². The van der Waals surface area contributed by atoms with Crippen LogP contribution in [0.15, 0.2) is 23.2 Å². The number of nitrogens with one attached hydrogen (secondary N) is 1. The lowest BCUT2D eigenvalue weighted by molar-refractivity contribution is -0.120. The Morgan fingerprint density at radius 3 is 3.00 bits per heavy atom. The van der Waals surface area contributed by atoms with Gasteiger partial charge in [-0.2, -0.15) is 0 Å². The van der Waals surface area contributed by atoms with E-state index in [0.717, 1.165) is 10.7 Å². The van der Waals surface area contributed by atoms with Crippen LogP contribution < -0.4 is 5.32 Å². The lowest BCUT2D eigenvalue weighted by Crippen LogP contribution is -2.24. The summed E-state index contributed by atoms with van der Waals surface area (Å²) in [6.07, 6.45) is 2.33. The van der Waals surface area contributed by atoms with E-state index in [1.54, 1.807) is 11.8 Å². The molecule has 1 aromatic rings. The smallest absolute Gasteiger partial charge is 0.226 e. The zero-order valence-corrected chi connectivity index (χ0v) is 9.23. The highest BCUT2D eigenvalue weighted by atomic mass is 32.2. The number of amides is 1. The molecule has 1 aromatic heterocycles. The van der Waals surface area contributed by atoms with Crippen LogP contribution in [0.2, 0.25) is 0 Å². The number of aromatic nitrogens is 1. The van der Waals surface area contributed by atoms with Gasteiger partial charge in [0.25, 0.3) is 0 Å². The highest BCUT2D eigenvalue weighted by molar-refractivity contribution is 7.98. The topological polar surface area (TPSA) is 42.0 Å². The molecule has 1 heterocycles. The van der Waals surface area contributed by atoms with Crippen molar-refractivity contribution in [2.45, 2.75) is 18.4 Å². The standard InChI is InChI=1S/C10H14N2OS/c1-3-11-9(13)7-8-5-4-6-10(12-8)14-2/h4-6H,3,7H2,1-2H3,(H,11,13). The third-order valence-corrected chi connectivity index (χ3v) is 2.35. The summed E-state index contributed by atoms with van der Waals surface area (Å²) in [6.45, 7) is 2.57. The molecule has 1 rings (SSSR count). The molecule has 0 unspecified atom stereocenters. The Bertz CT molecular complexity index is 315. The summed E-state index contributed by atoms with van der Waals surface area (Å²) in [5.74, 6) is 0.0262. The Morgan fingerprint density at radius 1 is 1.57 bits per heavy atom. The molecule has 1 amide bonds. The summed E-state index contributed by atoms with van der Waals surface area (Å²) in [6, 6.07) is 5.73. The normalized spacial score (nSPS) is 9.86. The first-order valence-electron chi connectivity index (χ1n) is 4.53. The van der Waals surface area contributed by atoms with Crippen LogP contribution in [0.1, 0.15) is 12.6 Å². The van der Waals surface area contributed by atoms with Gasteiger partial charge in [-0.1, -0.05) is 6.07 Å². The van der Waals surface area contributed by atoms with Crippen molar-refractivity contribution < 1.29 is 4.79 Å². The fourth-order valence-electron chi connectivity index (χ4n) is 1.09. The molecular formula is C10H14N2OS. The number of carbonyl (C=O) groups is 1. The van der Waals surface area contributed by atoms with Crippen molar-refractivity contribution in [3.8, 4) is 0 Å². The fraction of sp³-hybridized carbons (Fsp3) is 0.400. The number of likely N-dealkylation sites (N-methyl/N-ethyl adjacent to an activating group) is 1. The van der Waals surface area contributed by atoms with Crippen molar-refractivity contribution in [1.82, 2.24) is 10.3 Å². The average molecular weight is 210 g/mol. The van der Waals surface area contributed by atoms with Gasteiger partial charge in [-0.05, 0) is 25.3 Å². The largest absolute Gasteiger partial charge is 0.356 e. The number of hydrogen-bond acceptors (Lipinski definition) is 3. The van der Waals surface area contributed by atoms with Gasteiger partial charge in [0.15, 0.2) is 0 Å². The van der Waals surface area contributed by atoms with E-state index in [-0.39, 0.29) is 5.91 Å². The summed E-state index contributed by atoms with van der Waals surface area (Å²) in [5.41, 5.74) is 0.822. The van der Waals surface area contributed by atoms with Gasteiger partial charge in [0.2, 0.25) is 5.91 Å². The Hall–Kier alpha value is -1.03. The Balaban J connectivity index is 2.62. The molecule has 0 fully saturated rings. The van der Waals surface area contributed by atoms with E-state index in [0.29, 0.717) is 13.0 Å². The third kappa shape index (κ3) is 3.38. The molecule has 0 atom stereocenters. The molecule has 0 spiro atoms. The van der Waals surface area contributed by atoms with E-state index in [9.17, 15) is 4.79 Å². The maximum atomic E-state index is 11.3. The van der Waals surface area contributed by atoms with E-state index >= 15 is 0 Å². The van der Waals surface area contributed by atoms with Gasteiger partial charge in [-0.25, -0.2) is 4.98 Å².